The molecule has 2 heterocycles. The average Bonchev–Trinajstić information content (AvgIpc) is 3.37. The third kappa shape index (κ3) is 8.77. The van der Waals surface area contributed by atoms with Crippen molar-refractivity contribution in [3.63, 3.8) is 0 Å². The molecule has 2 saturated heterocycles. The van der Waals surface area contributed by atoms with Crippen LogP contribution in [0.3, 0.4) is 0 Å². The van der Waals surface area contributed by atoms with Gasteiger partial charge in [-0.2, -0.15) is 17.0 Å². The number of rotatable bonds is 14. The molecule has 5 rings (SSSR count). The van der Waals surface area contributed by atoms with Crippen LogP contribution in [0.15, 0.2) is 0 Å². The molecule has 52 heavy (non-hydrogen) atoms. The van der Waals surface area contributed by atoms with Crippen LogP contribution < -0.4 is 21.7 Å². The van der Waals surface area contributed by atoms with Gasteiger partial charge in [0, 0.05) is 39.3 Å². The number of primary amides is 1. The Hall–Kier alpha value is -2.78. The summed E-state index contributed by atoms with van der Waals surface area (Å²) < 4.78 is 29.7. The summed E-state index contributed by atoms with van der Waals surface area (Å²) in [6.45, 7) is 11.3. The Morgan fingerprint density at radius 3 is 2.06 bits per heavy atom. The first kappa shape index (κ1) is 40.4. The number of likely N-dealkylation sites (N-methyl/N-ethyl adjacent to an activating group) is 1. The van der Waals surface area contributed by atoms with Crippen LogP contribution in [0.25, 0.3) is 0 Å². The quantitative estimate of drug-likeness (QED) is 0.196. The van der Waals surface area contributed by atoms with Crippen LogP contribution in [0.4, 0.5) is 4.79 Å². The van der Waals surface area contributed by atoms with Crippen molar-refractivity contribution in [1.29, 1.82) is 0 Å². The van der Waals surface area contributed by atoms with E-state index in [9.17, 15) is 32.4 Å². The third-order valence-corrected chi connectivity index (χ3v) is 14.9. The van der Waals surface area contributed by atoms with E-state index in [1.54, 1.807) is 4.90 Å². The van der Waals surface area contributed by atoms with E-state index < -0.39 is 63.4 Å². The van der Waals surface area contributed by atoms with Gasteiger partial charge in [0.15, 0.2) is 0 Å². The van der Waals surface area contributed by atoms with Crippen molar-refractivity contribution in [3.05, 3.63) is 0 Å². The van der Waals surface area contributed by atoms with Crippen LogP contribution in [0.1, 0.15) is 112 Å². The van der Waals surface area contributed by atoms with E-state index in [2.05, 4.69) is 29.8 Å². The van der Waals surface area contributed by atoms with Crippen LogP contribution >= 0.6 is 0 Å². The number of piperidine rings is 2. The fraction of sp³-hybridized carbons (Fsp3) is 0.865. The molecule has 294 valence electrons. The molecule has 15 heteroatoms. The number of nitrogens with two attached hydrogens (primary N) is 1. The number of ketones is 1. The average molecular weight is 750 g/mol. The lowest BCUT2D eigenvalue weighted by Crippen LogP contribution is -2.62. The summed E-state index contributed by atoms with van der Waals surface area (Å²) in [7, 11) is -2.18. The fourth-order valence-electron chi connectivity index (χ4n) is 9.08. The highest BCUT2D eigenvalue weighted by Crippen LogP contribution is 2.65. The molecule has 0 spiro atoms. The highest BCUT2D eigenvalue weighted by molar-refractivity contribution is 7.86. The number of hydrogen-bond donors (Lipinski definition) is 4. The Labute approximate surface area is 310 Å². The van der Waals surface area contributed by atoms with E-state index in [-0.39, 0.29) is 41.5 Å². The van der Waals surface area contributed by atoms with Crippen LogP contribution in [0.2, 0.25) is 0 Å². The molecule has 0 aromatic carbocycles. The molecule has 0 aromatic heterocycles. The van der Waals surface area contributed by atoms with Crippen molar-refractivity contribution in [2.24, 2.45) is 40.2 Å². The first-order valence-corrected chi connectivity index (χ1v) is 21.0. The molecule has 3 aliphatic carbocycles. The normalized spacial score (nSPS) is 27.1. The highest BCUT2D eigenvalue weighted by atomic mass is 32.2. The van der Waals surface area contributed by atoms with Gasteiger partial charge in [0.2, 0.25) is 17.6 Å². The van der Waals surface area contributed by atoms with E-state index in [4.69, 9.17) is 5.73 Å². The number of carbonyl (C=O) groups is 5. The van der Waals surface area contributed by atoms with Gasteiger partial charge in [0.25, 0.3) is 16.1 Å². The Morgan fingerprint density at radius 2 is 1.50 bits per heavy atom. The van der Waals surface area contributed by atoms with Crippen molar-refractivity contribution in [2.75, 3.05) is 33.2 Å². The molecular weight excluding hydrogens is 687 g/mol. The van der Waals surface area contributed by atoms with Gasteiger partial charge in [-0.3, -0.25) is 19.2 Å². The number of hydrogen-bond acceptors (Lipinski definition) is 7. The van der Waals surface area contributed by atoms with Crippen molar-refractivity contribution in [3.8, 4) is 0 Å². The largest absolute Gasteiger partial charge is 0.363 e. The summed E-state index contributed by atoms with van der Waals surface area (Å²) in [6, 6.07) is -3.94. The maximum absolute atomic E-state index is 14.7. The summed E-state index contributed by atoms with van der Waals surface area (Å²) in [5.41, 5.74) is 4.67. The molecule has 5 fully saturated rings. The first-order chi connectivity index (χ1) is 24.3. The molecule has 6 atom stereocenters. The van der Waals surface area contributed by atoms with Gasteiger partial charge in [-0.15, -0.1) is 0 Å². The van der Waals surface area contributed by atoms with Crippen LogP contribution in [-0.2, 0) is 29.4 Å². The number of nitrogens with zero attached hydrogens (tertiary/aromatic N) is 3. The van der Waals surface area contributed by atoms with E-state index in [1.807, 2.05) is 20.8 Å². The highest BCUT2D eigenvalue weighted by Gasteiger charge is 2.69. The first-order valence-electron chi connectivity index (χ1n) is 19.6. The van der Waals surface area contributed by atoms with Gasteiger partial charge < -0.3 is 26.6 Å². The van der Waals surface area contributed by atoms with Crippen molar-refractivity contribution >= 4 is 39.7 Å². The number of nitrogens with one attached hydrogen (secondary N) is 3. The lowest BCUT2D eigenvalue weighted by Gasteiger charge is -2.39. The number of Topliss-reactive ketones (excluding diaryl/α,β-unsaturated/α-hetero) is 1. The summed E-state index contributed by atoms with van der Waals surface area (Å²) in [5, 5.41) is 8.85. The molecular formula is C37H63N7O7S. The standard InChI is InChI=1S/C37H63N7O7S/c1-36(2,3)27(22-42(6)52(50,51)43-18-11-8-12-19-43)40-35(49)41-29(24-16-9-7-10-17-24)34(48)44-21-25-28(37(25,4)5)30(44)33(47)39-26(31(45)32(38)46)20-23-14-13-15-23/h23-30H,7-22H2,1-6H3,(H2,38,46)(H,39,47)(H2,40,41,49)/t25-,26?,27+,28-,29-,30-/m0/s1. The van der Waals surface area contributed by atoms with Gasteiger partial charge >= 0.3 is 6.03 Å². The summed E-state index contributed by atoms with van der Waals surface area (Å²) in [6.07, 6.45) is 10.2. The Bertz CT molecular complexity index is 1460. The smallest absolute Gasteiger partial charge is 0.315 e. The third-order valence-electron chi connectivity index (χ3n) is 12.9. The fourth-order valence-corrected chi connectivity index (χ4v) is 10.5. The zero-order valence-electron chi connectivity index (χ0n) is 32.1. The predicted molar refractivity (Wildman–Crippen MR) is 197 cm³/mol. The molecule has 0 aromatic rings. The summed E-state index contributed by atoms with van der Waals surface area (Å²) in [4.78, 5) is 69.0. The summed E-state index contributed by atoms with van der Waals surface area (Å²) >= 11 is 0. The molecule has 3 saturated carbocycles. The van der Waals surface area contributed by atoms with Crippen LogP contribution in [0.5, 0.6) is 0 Å². The Kier molecular flexibility index (Phi) is 12.4. The topological polar surface area (TPSA) is 191 Å². The van der Waals surface area contributed by atoms with Crippen LogP contribution in [-0.4, -0.2) is 109 Å². The predicted octanol–water partition coefficient (Wildman–Crippen LogP) is 2.52. The second kappa shape index (κ2) is 15.9. The number of fused-ring (bicyclic) bond motifs is 1. The molecule has 0 bridgehead atoms. The minimum Gasteiger partial charge on any atom is -0.363 e. The molecule has 5 amide bonds. The number of likely N-dealkylation sites (tertiary alicyclic amines) is 1. The second-order valence-electron chi connectivity index (χ2n) is 17.9. The van der Waals surface area contributed by atoms with Gasteiger partial charge in [-0.25, -0.2) is 4.79 Å². The van der Waals surface area contributed by atoms with Crippen molar-refractivity contribution in [2.45, 2.75) is 136 Å². The van der Waals surface area contributed by atoms with E-state index in [0.717, 1.165) is 70.6 Å². The number of urea groups is 1. The van der Waals surface area contributed by atoms with Gasteiger partial charge in [0.05, 0.1) is 6.04 Å². The minimum atomic E-state index is -3.72. The summed E-state index contributed by atoms with van der Waals surface area (Å²) in [5.74, 6) is -2.70. The number of carbonyl (C=O) groups excluding carboxylic acids is 5. The van der Waals surface area contributed by atoms with Gasteiger partial charge in [-0.05, 0) is 66.6 Å². The van der Waals surface area contributed by atoms with E-state index in [0.29, 0.717) is 26.1 Å². The Morgan fingerprint density at radius 1 is 0.885 bits per heavy atom. The molecule has 1 unspecified atom stereocenters. The molecule has 14 nitrogen and oxygen atoms in total. The molecule has 0 radical (unpaired) electrons. The number of amides is 5. The van der Waals surface area contributed by atoms with E-state index >= 15 is 0 Å². The Balaban J connectivity index is 1.33. The van der Waals surface area contributed by atoms with Crippen molar-refractivity contribution in [1.82, 2.24) is 29.5 Å². The van der Waals surface area contributed by atoms with Crippen molar-refractivity contribution < 1.29 is 32.4 Å². The zero-order chi connectivity index (χ0) is 38.2. The molecule has 5 N–H and O–H groups in total. The SMILES string of the molecule is CN(C[C@@H](NC(=O)N[C@H](C(=O)N1C[C@H]2[C@@H]([C@H]1C(=O)NC(CC1CCC1)C(=O)C(N)=O)C2(C)C)C1CCCCC1)C(C)(C)C)S(=O)(=O)N1CCCCC1. The monoisotopic (exact) mass is 749 g/mol. The van der Waals surface area contributed by atoms with Gasteiger partial charge in [0.1, 0.15) is 12.1 Å². The zero-order valence-corrected chi connectivity index (χ0v) is 32.9. The van der Waals surface area contributed by atoms with Gasteiger partial charge in [-0.1, -0.05) is 79.6 Å². The maximum Gasteiger partial charge on any atom is 0.315 e. The van der Waals surface area contributed by atoms with Crippen LogP contribution in [0, 0.1) is 34.5 Å². The van der Waals surface area contributed by atoms with E-state index in [1.165, 1.54) is 15.7 Å². The lowest BCUT2D eigenvalue weighted by molar-refractivity contribution is -0.144. The molecule has 5 aliphatic rings. The minimum absolute atomic E-state index is 0.0522. The second-order valence-corrected chi connectivity index (χ2v) is 19.9. The molecule has 2 aliphatic heterocycles. The lowest BCUT2D eigenvalue weighted by atomic mass is 9.80. The maximum atomic E-state index is 14.7.